The lowest BCUT2D eigenvalue weighted by molar-refractivity contribution is -0.115. The van der Waals surface area contributed by atoms with E-state index in [-0.39, 0.29) is 5.41 Å². The van der Waals surface area contributed by atoms with E-state index in [0.29, 0.717) is 13.2 Å². The zero-order chi connectivity index (χ0) is 11.7. The maximum absolute atomic E-state index is 10.8. The van der Waals surface area contributed by atoms with Crippen LogP contribution in [0.15, 0.2) is 0 Å². The fourth-order valence-electron chi connectivity index (χ4n) is 1.32. The number of nitrogens with zero attached hydrogens (tertiary/aromatic N) is 1. The highest BCUT2D eigenvalue weighted by atomic mass is 16.5. The lowest BCUT2D eigenvalue weighted by atomic mass is 9.95. The lowest BCUT2D eigenvalue weighted by Gasteiger charge is -2.28. The summed E-state index contributed by atoms with van der Waals surface area (Å²) in [6.07, 6.45) is 1.000. The Balaban J connectivity index is 4.04. The minimum atomic E-state index is -0.304. The van der Waals surface area contributed by atoms with E-state index in [9.17, 15) is 4.79 Å². The van der Waals surface area contributed by atoms with E-state index >= 15 is 0 Å². The van der Waals surface area contributed by atoms with Crippen molar-refractivity contribution < 1.29 is 14.3 Å². The summed E-state index contributed by atoms with van der Waals surface area (Å²) < 4.78 is 10.1. The highest BCUT2D eigenvalue weighted by Gasteiger charge is 2.20. The van der Waals surface area contributed by atoms with E-state index in [4.69, 9.17) is 9.47 Å². The van der Waals surface area contributed by atoms with Crippen molar-refractivity contribution in [2.75, 3.05) is 47.1 Å². The maximum atomic E-state index is 10.8. The van der Waals surface area contributed by atoms with Gasteiger partial charge < -0.3 is 14.3 Å². The molecule has 0 aromatic carbocycles. The summed E-state index contributed by atoms with van der Waals surface area (Å²) in [7, 11) is 3.36. The second-order valence-corrected chi connectivity index (χ2v) is 4.37. The molecule has 0 saturated heterocycles. The van der Waals surface area contributed by atoms with Gasteiger partial charge in [0.05, 0.1) is 13.2 Å². The van der Waals surface area contributed by atoms with Gasteiger partial charge in [-0.25, -0.2) is 0 Å². The van der Waals surface area contributed by atoms with Crippen molar-refractivity contribution in [1.82, 2.24) is 4.90 Å². The SMILES string of the molecule is COCCN(CCOC)CC(C)(C)C=O. The van der Waals surface area contributed by atoms with Gasteiger partial charge in [-0.3, -0.25) is 4.90 Å². The summed E-state index contributed by atoms with van der Waals surface area (Å²) in [5, 5.41) is 0. The van der Waals surface area contributed by atoms with Crippen molar-refractivity contribution in [2.24, 2.45) is 5.41 Å². The average molecular weight is 217 g/mol. The van der Waals surface area contributed by atoms with E-state index in [1.807, 2.05) is 13.8 Å². The first kappa shape index (κ1) is 14.6. The van der Waals surface area contributed by atoms with Crippen LogP contribution in [-0.2, 0) is 14.3 Å². The van der Waals surface area contributed by atoms with Gasteiger partial charge in [0.1, 0.15) is 6.29 Å². The molecule has 0 bridgehead atoms. The summed E-state index contributed by atoms with van der Waals surface area (Å²) in [5.41, 5.74) is -0.304. The molecule has 0 fully saturated rings. The Hall–Kier alpha value is -0.450. The van der Waals surface area contributed by atoms with Crippen LogP contribution in [0.3, 0.4) is 0 Å². The van der Waals surface area contributed by atoms with Crippen LogP contribution in [0.4, 0.5) is 0 Å². The van der Waals surface area contributed by atoms with Crippen LogP contribution in [0.25, 0.3) is 0 Å². The van der Waals surface area contributed by atoms with E-state index in [2.05, 4.69) is 4.90 Å². The van der Waals surface area contributed by atoms with Crippen molar-refractivity contribution in [2.45, 2.75) is 13.8 Å². The number of ether oxygens (including phenoxy) is 2. The number of carbonyl (C=O) groups is 1. The zero-order valence-corrected chi connectivity index (χ0v) is 10.3. The molecule has 4 nitrogen and oxygen atoms in total. The molecule has 0 heterocycles. The zero-order valence-electron chi connectivity index (χ0n) is 10.3. The number of hydrogen-bond donors (Lipinski definition) is 0. The van der Waals surface area contributed by atoms with Crippen LogP contribution in [-0.4, -0.2) is 58.3 Å². The second kappa shape index (κ2) is 7.79. The maximum Gasteiger partial charge on any atom is 0.126 e. The molecule has 0 aromatic rings. The van der Waals surface area contributed by atoms with Crippen molar-refractivity contribution >= 4 is 6.29 Å². The van der Waals surface area contributed by atoms with Gasteiger partial charge in [-0.1, -0.05) is 13.8 Å². The monoisotopic (exact) mass is 217 g/mol. The van der Waals surface area contributed by atoms with Crippen molar-refractivity contribution in [3.8, 4) is 0 Å². The first-order valence-electron chi connectivity index (χ1n) is 5.22. The van der Waals surface area contributed by atoms with E-state index in [1.54, 1.807) is 14.2 Å². The van der Waals surface area contributed by atoms with Crippen molar-refractivity contribution in [1.29, 1.82) is 0 Å². The number of rotatable bonds is 9. The van der Waals surface area contributed by atoms with Crippen molar-refractivity contribution in [3.05, 3.63) is 0 Å². The van der Waals surface area contributed by atoms with Gasteiger partial charge >= 0.3 is 0 Å². The van der Waals surface area contributed by atoms with Gasteiger partial charge in [0.25, 0.3) is 0 Å². The van der Waals surface area contributed by atoms with Crippen LogP contribution < -0.4 is 0 Å². The van der Waals surface area contributed by atoms with Gasteiger partial charge in [-0.15, -0.1) is 0 Å². The normalized spacial score (nSPS) is 12.1. The Labute approximate surface area is 92.5 Å². The third kappa shape index (κ3) is 7.48. The van der Waals surface area contributed by atoms with Crippen LogP contribution in [0.2, 0.25) is 0 Å². The van der Waals surface area contributed by atoms with Gasteiger partial charge in [0.2, 0.25) is 0 Å². The fraction of sp³-hybridized carbons (Fsp3) is 0.909. The molecule has 0 aromatic heterocycles. The highest BCUT2D eigenvalue weighted by Crippen LogP contribution is 2.12. The smallest absolute Gasteiger partial charge is 0.126 e. The van der Waals surface area contributed by atoms with E-state index in [0.717, 1.165) is 25.9 Å². The lowest BCUT2D eigenvalue weighted by Crippen LogP contribution is -2.39. The number of carbonyl (C=O) groups excluding carboxylic acids is 1. The summed E-state index contributed by atoms with van der Waals surface area (Å²) >= 11 is 0. The third-order valence-corrected chi connectivity index (χ3v) is 2.17. The molecule has 0 spiro atoms. The van der Waals surface area contributed by atoms with Gasteiger partial charge in [-0.2, -0.15) is 0 Å². The summed E-state index contributed by atoms with van der Waals surface area (Å²) in [6.45, 7) is 7.63. The molecule has 90 valence electrons. The molecule has 4 heteroatoms. The molecule has 15 heavy (non-hydrogen) atoms. The molecule has 0 aliphatic rings. The predicted molar refractivity (Wildman–Crippen MR) is 60.0 cm³/mol. The van der Waals surface area contributed by atoms with E-state index < -0.39 is 0 Å². The first-order valence-corrected chi connectivity index (χ1v) is 5.22. The predicted octanol–water partition coefficient (Wildman–Crippen LogP) is 0.806. The summed E-state index contributed by atoms with van der Waals surface area (Å²) in [5.74, 6) is 0. The molecule has 0 aliphatic heterocycles. The van der Waals surface area contributed by atoms with Crippen LogP contribution >= 0.6 is 0 Å². The number of hydrogen-bond acceptors (Lipinski definition) is 4. The Morgan fingerprint density at radius 1 is 1.13 bits per heavy atom. The molecule has 0 atom stereocenters. The highest BCUT2D eigenvalue weighted by molar-refractivity contribution is 5.58. The van der Waals surface area contributed by atoms with Gasteiger partial charge in [-0.05, 0) is 0 Å². The van der Waals surface area contributed by atoms with Crippen LogP contribution in [0, 0.1) is 5.41 Å². The molecule has 0 rings (SSSR count). The Morgan fingerprint density at radius 3 is 1.93 bits per heavy atom. The minimum absolute atomic E-state index is 0.304. The standard InChI is InChI=1S/C11H23NO3/c1-11(2,10-13)9-12(5-7-14-3)6-8-15-4/h10H,5-9H2,1-4H3. The molecular formula is C11H23NO3. The Bertz CT molecular complexity index is 163. The summed E-state index contributed by atoms with van der Waals surface area (Å²) in [6, 6.07) is 0. The first-order chi connectivity index (χ1) is 7.05. The molecular weight excluding hydrogens is 194 g/mol. The number of methoxy groups -OCH3 is 2. The fourth-order valence-corrected chi connectivity index (χ4v) is 1.32. The van der Waals surface area contributed by atoms with Crippen LogP contribution in [0.1, 0.15) is 13.8 Å². The van der Waals surface area contributed by atoms with Gasteiger partial charge in [0, 0.05) is 39.3 Å². The third-order valence-electron chi connectivity index (χ3n) is 2.17. The minimum Gasteiger partial charge on any atom is -0.383 e. The van der Waals surface area contributed by atoms with Gasteiger partial charge in [0.15, 0.2) is 0 Å². The molecule has 0 aliphatic carbocycles. The molecule has 0 N–H and O–H groups in total. The Morgan fingerprint density at radius 2 is 1.60 bits per heavy atom. The molecule has 0 saturated carbocycles. The second-order valence-electron chi connectivity index (χ2n) is 4.37. The molecule has 0 radical (unpaired) electrons. The largest absolute Gasteiger partial charge is 0.383 e. The topological polar surface area (TPSA) is 38.8 Å². The molecule has 0 amide bonds. The summed E-state index contributed by atoms with van der Waals surface area (Å²) in [4.78, 5) is 13.0. The number of aldehydes is 1. The van der Waals surface area contributed by atoms with Crippen LogP contribution in [0.5, 0.6) is 0 Å². The van der Waals surface area contributed by atoms with E-state index in [1.165, 1.54) is 0 Å². The average Bonchev–Trinajstić information content (AvgIpc) is 2.22. The molecule has 0 unspecified atom stereocenters. The Kier molecular flexibility index (Phi) is 7.56. The van der Waals surface area contributed by atoms with Crippen molar-refractivity contribution in [3.63, 3.8) is 0 Å². The quantitative estimate of drug-likeness (QED) is 0.536.